The summed E-state index contributed by atoms with van der Waals surface area (Å²) < 4.78 is 4.86. The second-order valence-electron chi connectivity index (χ2n) is 8.75. The molecule has 0 aromatic carbocycles. The van der Waals surface area contributed by atoms with E-state index in [-0.39, 0.29) is 12.6 Å². The molecule has 1 N–H and O–H groups in total. The van der Waals surface area contributed by atoms with E-state index in [9.17, 15) is 9.90 Å². The Bertz CT molecular complexity index is 714. The molecule has 0 unspecified atom stereocenters. The van der Waals surface area contributed by atoms with Gasteiger partial charge in [0.05, 0.1) is 6.61 Å². The second-order valence-corrected chi connectivity index (χ2v) is 8.75. The second kappa shape index (κ2) is 10.6. The predicted octanol–water partition coefficient (Wildman–Crippen LogP) is 5.98. The first-order valence-electron chi connectivity index (χ1n) is 10.5. The average Bonchev–Trinajstić information content (AvgIpc) is 3.04. The maximum Gasteiger partial charge on any atom is 0.331 e. The van der Waals surface area contributed by atoms with E-state index in [1.807, 2.05) is 18.2 Å². The summed E-state index contributed by atoms with van der Waals surface area (Å²) >= 11 is 0. The molecule has 1 aliphatic carbocycles. The van der Waals surface area contributed by atoms with Gasteiger partial charge in [0.1, 0.15) is 6.61 Å². The first-order valence-corrected chi connectivity index (χ1v) is 10.5. The molecule has 0 spiro atoms. The van der Waals surface area contributed by atoms with Crippen molar-refractivity contribution in [2.24, 2.45) is 5.41 Å². The largest absolute Gasteiger partial charge is 0.458 e. The Morgan fingerprint density at radius 1 is 1.32 bits per heavy atom. The monoisotopic (exact) mass is 384 g/mol. The number of cyclic esters (lactones) is 1. The van der Waals surface area contributed by atoms with Crippen molar-refractivity contribution in [3.05, 3.63) is 58.2 Å². The summed E-state index contributed by atoms with van der Waals surface area (Å²) in [6.45, 7) is 9.71. The number of carbonyl (C=O) groups excluding carboxylic acids is 1. The molecule has 0 saturated carbocycles. The highest BCUT2D eigenvalue weighted by molar-refractivity contribution is 5.86. The van der Waals surface area contributed by atoms with Gasteiger partial charge in [0.25, 0.3) is 0 Å². The van der Waals surface area contributed by atoms with Crippen LogP contribution < -0.4 is 0 Å². The van der Waals surface area contributed by atoms with E-state index >= 15 is 0 Å². The standard InChI is InChI=1S/C25H36O3/c1-19(13-14-23-20(2)9-7-15-25(23,3)4)8-5-10-21(17-26)11-6-12-22-16-24(27)28-18-22/h6,8,11-12,16,26H,5,7,9-10,13-15,17-18H2,1-4H3. The lowest BCUT2D eigenvalue weighted by molar-refractivity contribution is -0.134. The van der Waals surface area contributed by atoms with E-state index in [2.05, 4.69) is 33.8 Å². The molecule has 154 valence electrons. The number of ether oxygens (including phenoxy) is 1. The van der Waals surface area contributed by atoms with Crippen molar-refractivity contribution in [3.63, 3.8) is 0 Å². The lowest BCUT2D eigenvalue weighted by Gasteiger charge is -2.35. The molecule has 0 amide bonds. The van der Waals surface area contributed by atoms with Crippen LogP contribution in [0, 0.1) is 5.41 Å². The van der Waals surface area contributed by atoms with Gasteiger partial charge in [-0.15, -0.1) is 0 Å². The van der Waals surface area contributed by atoms with Gasteiger partial charge < -0.3 is 9.84 Å². The van der Waals surface area contributed by atoms with Gasteiger partial charge in [-0.25, -0.2) is 4.79 Å². The number of esters is 1. The van der Waals surface area contributed by atoms with Crippen LogP contribution >= 0.6 is 0 Å². The lowest BCUT2D eigenvalue weighted by Crippen LogP contribution is -2.20. The van der Waals surface area contributed by atoms with Crippen molar-refractivity contribution in [1.29, 1.82) is 0 Å². The predicted molar refractivity (Wildman–Crippen MR) is 116 cm³/mol. The highest BCUT2D eigenvalue weighted by Gasteiger charge is 2.27. The fourth-order valence-corrected chi connectivity index (χ4v) is 4.16. The first-order chi connectivity index (χ1) is 13.3. The van der Waals surface area contributed by atoms with Gasteiger partial charge in [0.15, 0.2) is 0 Å². The van der Waals surface area contributed by atoms with Crippen LogP contribution in [0.5, 0.6) is 0 Å². The highest BCUT2D eigenvalue weighted by Crippen LogP contribution is 2.42. The Kier molecular flexibility index (Phi) is 8.50. The molecule has 1 heterocycles. The van der Waals surface area contributed by atoms with Gasteiger partial charge in [0.2, 0.25) is 0 Å². The molecule has 0 aromatic heterocycles. The SMILES string of the molecule is CC(=CCCC(=CC=CC1=CC(=O)OC1)CO)CCC1=C(C)CCCC1(C)C. The molecule has 0 aromatic rings. The molecule has 2 rings (SSSR count). The minimum absolute atomic E-state index is 0.0615. The lowest BCUT2D eigenvalue weighted by atomic mass is 9.71. The van der Waals surface area contributed by atoms with Gasteiger partial charge in [-0.1, -0.05) is 54.9 Å². The van der Waals surface area contributed by atoms with Crippen LogP contribution in [0.3, 0.4) is 0 Å². The third-order valence-corrected chi connectivity index (χ3v) is 5.94. The zero-order valence-corrected chi connectivity index (χ0v) is 18.0. The minimum atomic E-state index is -0.283. The van der Waals surface area contributed by atoms with Crippen LogP contribution in [0.2, 0.25) is 0 Å². The molecular weight excluding hydrogens is 348 g/mol. The van der Waals surface area contributed by atoms with Crippen molar-refractivity contribution >= 4 is 5.97 Å². The van der Waals surface area contributed by atoms with Crippen LogP contribution in [-0.4, -0.2) is 24.3 Å². The van der Waals surface area contributed by atoms with Crippen LogP contribution in [0.25, 0.3) is 0 Å². The summed E-state index contributed by atoms with van der Waals surface area (Å²) in [6, 6.07) is 0. The van der Waals surface area contributed by atoms with Gasteiger partial charge in [-0.2, -0.15) is 0 Å². The smallest absolute Gasteiger partial charge is 0.331 e. The fraction of sp³-hybridized carbons (Fsp3) is 0.560. The fourth-order valence-electron chi connectivity index (χ4n) is 4.16. The molecule has 0 radical (unpaired) electrons. The highest BCUT2D eigenvalue weighted by atomic mass is 16.5. The molecule has 1 aliphatic heterocycles. The number of hydrogen-bond donors (Lipinski definition) is 1. The summed E-state index contributed by atoms with van der Waals surface area (Å²) in [5.74, 6) is -0.283. The average molecular weight is 385 g/mol. The summed E-state index contributed by atoms with van der Waals surface area (Å²) in [5.41, 5.74) is 6.91. The molecule has 28 heavy (non-hydrogen) atoms. The normalized spacial score (nSPS) is 20.8. The number of allylic oxidation sites excluding steroid dienone is 6. The number of carbonyl (C=O) groups is 1. The molecule has 0 bridgehead atoms. The van der Waals surface area contributed by atoms with Crippen molar-refractivity contribution in [3.8, 4) is 0 Å². The Morgan fingerprint density at radius 3 is 2.75 bits per heavy atom. The maximum atomic E-state index is 11.0. The Labute approximate surface area is 170 Å². The van der Waals surface area contributed by atoms with Gasteiger partial charge in [0, 0.05) is 6.08 Å². The number of aliphatic hydroxyl groups is 1. The molecule has 0 atom stereocenters. The van der Waals surface area contributed by atoms with Crippen molar-refractivity contribution in [1.82, 2.24) is 0 Å². The molecular formula is C25H36O3. The van der Waals surface area contributed by atoms with Crippen LogP contribution in [0.4, 0.5) is 0 Å². The van der Waals surface area contributed by atoms with E-state index < -0.39 is 0 Å². The van der Waals surface area contributed by atoms with Crippen molar-refractivity contribution < 1.29 is 14.6 Å². The Morgan fingerprint density at radius 2 is 2.11 bits per heavy atom. The quantitative estimate of drug-likeness (QED) is 0.302. The molecule has 2 aliphatic rings. The topological polar surface area (TPSA) is 46.5 Å². The van der Waals surface area contributed by atoms with E-state index in [4.69, 9.17) is 4.74 Å². The van der Waals surface area contributed by atoms with Crippen LogP contribution in [-0.2, 0) is 9.53 Å². The van der Waals surface area contributed by atoms with Gasteiger partial charge in [-0.3, -0.25) is 0 Å². The van der Waals surface area contributed by atoms with E-state index in [0.29, 0.717) is 12.0 Å². The first kappa shape index (κ1) is 22.4. The van der Waals surface area contributed by atoms with Crippen molar-refractivity contribution in [2.75, 3.05) is 13.2 Å². The third kappa shape index (κ3) is 6.94. The number of hydrogen-bond acceptors (Lipinski definition) is 3. The molecule has 0 saturated heterocycles. The zero-order chi connectivity index (χ0) is 20.6. The number of rotatable bonds is 9. The van der Waals surface area contributed by atoms with E-state index in [0.717, 1.165) is 30.4 Å². The summed E-state index contributed by atoms with van der Waals surface area (Å²) in [6.07, 6.45) is 17.5. The minimum Gasteiger partial charge on any atom is -0.458 e. The molecule has 3 nitrogen and oxygen atoms in total. The zero-order valence-electron chi connectivity index (χ0n) is 18.0. The van der Waals surface area contributed by atoms with Crippen molar-refractivity contribution in [2.45, 2.75) is 72.6 Å². The molecule has 0 fully saturated rings. The molecule has 3 heteroatoms. The van der Waals surface area contributed by atoms with E-state index in [1.165, 1.54) is 37.3 Å². The Hall–Kier alpha value is -1.87. The third-order valence-electron chi connectivity index (χ3n) is 5.94. The van der Waals surface area contributed by atoms with Crippen LogP contribution in [0.1, 0.15) is 72.6 Å². The van der Waals surface area contributed by atoms with Gasteiger partial charge in [-0.05, 0) is 75.4 Å². The van der Waals surface area contributed by atoms with Gasteiger partial charge >= 0.3 is 5.97 Å². The number of aliphatic hydroxyl groups excluding tert-OH is 1. The Balaban J connectivity index is 1.81. The maximum absolute atomic E-state index is 11.0. The van der Waals surface area contributed by atoms with Crippen LogP contribution in [0.15, 0.2) is 58.2 Å². The summed E-state index contributed by atoms with van der Waals surface area (Å²) in [4.78, 5) is 11.0. The van der Waals surface area contributed by atoms with E-state index in [1.54, 1.807) is 11.1 Å². The summed E-state index contributed by atoms with van der Waals surface area (Å²) in [7, 11) is 0. The summed E-state index contributed by atoms with van der Waals surface area (Å²) in [5, 5.41) is 9.56.